The van der Waals surface area contributed by atoms with Crippen LogP contribution in [0.5, 0.6) is 0 Å². The van der Waals surface area contributed by atoms with E-state index in [2.05, 4.69) is 41.1 Å². The van der Waals surface area contributed by atoms with Gasteiger partial charge in [-0.3, -0.25) is 0 Å². The highest BCUT2D eigenvalue weighted by molar-refractivity contribution is 7.15. The minimum atomic E-state index is 0.0712. The molecule has 1 N–H and O–H groups in total. The van der Waals surface area contributed by atoms with E-state index in [1.165, 1.54) is 11.1 Å². The molecule has 0 saturated carbocycles. The van der Waals surface area contributed by atoms with Gasteiger partial charge in [0.05, 0.1) is 17.2 Å². The number of hydrogen-bond donors (Lipinski definition) is 1. The molecular formula is C14H18N2OS. The van der Waals surface area contributed by atoms with Crippen LogP contribution < -0.4 is 4.90 Å². The first-order valence-corrected chi connectivity index (χ1v) is 6.75. The molecule has 0 saturated heterocycles. The molecule has 1 heterocycles. The maximum atomic E-state index is 9.19. The third-order valence-electron chi connectivity index (χ3n) is 2.85. The van der Waals surface area contributed by atoms with E-state index in [1.54, 1.807) is 11.3 Å². The van der Waals surface area contributed by atoms with Crippen molar-refractivity contribution in [3.63, 3.8) is 0 Å². The minimum absolute atomic E-state index is 0.0712. The second-order valence-corrected chi connectivity index (χ2v) is 5.57. The molecule has 4 heteroatoms. The zero-order valence-electron chi connectivity index (χ0n) is 11.0. The van der Waals surface area contributed by atoms with E-state index in [1.807, 2.05) is 14.0 Å². The maximum Gasteiger partial charge on any atom is 0.185 e. The Labute approximate surface area is 112 Å². The van der Waals surface area contributed by atoms with Crippen LogP contribution in [0.1, 0.15) is 21.7 Å². The van der Waals surface area contributed by atoms with Crippen LogP contribution in [0.4, 0.5) is 5.13 Å². The average molecular weight is 262 g/mol. The summed E-state index contributed by atoms with van der Waals surface area (Å²) < 4.78 is 0. The summed E-state index contributed by atoms with van der Waals surface area (Å²) in [6.07, 6.45) is 0. The number of aliphatic hydroxyl groups is 1. The molecule has 2 aromatic rings. The first-order chi connectivity index (χ1) is 8.60. The fraction of sp³-hybridized carbons (Fsp3) is 0.357. The van der Waals surface area contributed by atoms with Crippen LogP contribution in [0.3, 0.4) is 0 Å². The Kier molecular flexibility index (Phi) is 3.99. The van der Waals surface area contributed by atoms with Crippen molar-refractivity contribution in [2.24, 2.45) is 0 Å². The van der Waals surface area contributed by atoms with Crippen LogP contribution in [-0.4, -0.2) is 17.1 Å². The zero-order valence-corrected chi connectivity index (χ0v) is 11.8. The van der Waals surface area contributed by atoms with Crippen molar-refractivity contribution in [1.82, 2.24) is 4.98 Å². The summed E-state index contributed by atoms with van der Waals surface area (Å²) >= 11 is 1.56. The monoisotopic (exact) mass is 262 g/mol. The van der Waals surface area contributed by atoms with Gasteiger partial charge < -0.3 is 10.0 Å². The van der Waals surface area contributed by atoms with Gasteiger partial charge in [0.25, 0.3) is 0 Å². The molecule has 0 unspecified atom stereocenters. The van der Waals surface area contributed by atoms with Gasteiger partial charge in [0, 0.05) is 13.6 Å². The quantitative estimate of drug-likeness (QED) is 0.920. The van der Waals surface area contributed by atoms with Gasteiger partial charge in [0.1, 0.15) is 0 Å². The highest BCUT2D eigenvalue weighted by atomic mass is 32.1. The van der Waals surface area contributed by atoms with E-state index in [-0.39, 0.29) is 6.61 Å². The third-order valence-corrected chi connectivity index (χ3v) is 4.11. The Morgan fingerprint density at radius 1 is 1.33 bits per heavy atom. The van der Waals surface area contributed by atoms with E-state index in [0.29, 0.717) is 0 Å². The molecule has 0 fully saturated rings. The number of benzene rings is 1. The van der Waals surface area contributed by atoms with E-state index in [0.717, 1.165) is 22.2 Å². The normalized spacial score (nSPS) is 10.7. The Bertz CT molecular complexity index is 536. The van der Waals surface area contributed by atoms with E-state index < -0.39 is 0 Å². The highest BCUT2D eigenvalue weighted by Crippen LogP contribution is 2.26. The van der Waals surface area contributed by atoms with Crippen molar-refractivity contribution < 1.29 is 5.11 Å². The number of nitrogens with zero attached hydrogens (tertiary/aromatic N) is 2. The molecule has 0 aliphatic heterocycles. The second kappa shape index (κ2) is 5.50. The van der Waals surface area contributed by atoms with Gasteiger partial charge in [-0.2, -0.15) is 0 Å². The Hall–Kier alpha value is -1.39. The average Bonchev–Trinajstić information content (AvgIpc) is 2.70. The molecule has 3 nitrogen and oxygen atoms in total. The highest BCUT2D eigenvalue weighted by Gasteiger charge is 2.10. The SMILES string of the molecule is Cc1cccc(CN(C)c2nc(C)c(CO)s2)c1. The summed E-state index contributed by atoms with van der Waals surface area (Å²) in [5.41, 5.74) is 3.47. The predicted octanol–water partition coefficient (Wildman–Crippen LogP) is 2.89. The van der Waals surface area contributed by atoms with Gasteiger partial charge in [-0.15, -0.1) is 0 Å². The molecule has 0 radical (unpaired) electrons. The third kappa shape index (κ3) is 2.89. The lowest BCUT2D eigenvalue weighted by atomic mass is 10.1. The number of aliphatic hydroxyl groups excluding tert-OH is 1. The van der Waals surface area contributed by atoms with Gasteiger partial charge in [0.15, 0.2) is 5.13 Å². The van der Waals surface area contributed by atoms with Crippen molar-refractivity contribution in [2.75, 3.05) is 11.9 Å². The zero-order chi connectivity index (χ0) is 13.1. The number of rotatable bonds is 4. The lowest BCUT2D eigenvalue weighted by Gasteiger charge is -2.15. The Morgan fingerprint density at radius 2 is 2.11 bits per heavy atom. The molecular weight excluding hydrogens is 244 g/mol. The van der Waals surface area contributed by atoms with Crippen molar-refractivity contribution in [2.45, 2.75) is 27.0 Å². The van der Waals surface area contributed by atoms with Crippen molar-refractivity contribution in [1.29, 1.82) is 0 Å². The molecule has 1 aromatic heterocycles. The van der Waals surface area contributed by atoms with Gasteiger partial charge >= 0.3 is 0 Å². The van der Waals surface area contributed by atoms with Gasteiger partial charge in [0.2, 0.25) is 0 Å². The van der Waals surface area contributed by atoms with Crippen LogP contribution in [-0.2, 0) is 13.2 Å². The van der Waals surface area contributed by atoms with Gasteiger partial charge in [-0.05, 0) is 19.4 Å². The van der Waals surface area contributed by atoms with Crippen LogP contribution in [0.2, 0.25) is 0 Å². The maximum absolute atomic E-state index is 9.19. The number of aromatic nitrogens is 1. The predicted molar refractivity (Wildman–Crippen MR) is 76.1 cm³/mol. The standard InChI is InChI=1S/C14H18N2OS/c1-10-5-4-6-12(7-10)8-16(3)14-15-11(2)13(9-17)18-14/h4-7,17H,8-9H2,1-3H3. The van der Waals surface area contributed by atoms with Crippen LogP contribution in [0.25, 0.3) is 0 Å². The summed E-state index contributed by atoms with van der Waals surface area (Å²) in [7, 11) is 2.03. The van der Waals surface area contributed by atoms with E-state index in [4.69, 9.17) is 0 Å². The minimum Gasteiger partial charge on any atom is -0.391 e. The van der Waals surface area contributed by atoms with E-state index in [9.17, 15) is 5.11 Å². The Morgan fingerprint density at radius 3 is 2.72 bits per heavy atom. The summed E-state index contributed by atoms with van der Waals surface area (Å²) in [6.45, 7) is 4.94. The van der Waals surface area contributed by atoms with E-state index >= 15 is 0 Å². The second-order valence-electron chi connectivity index (χ2n) is 4.51. The van der Waals surface area contributed by atoms with Crippen molar-refractivity contribution in [3.05, 3.63) is 46.0 Å². The molecule has 0 spiro atoms. The molecule has 2 rings (SSSR count). The first-order valence-electron chi connectivity index (χ1n) is 5.94. The molecule has 18 heavy (non-hydrogen) atoms. The smallest absolute Gasteiger partial charge is 0.185 e. The van der Waals surface area contributed by atoms with Crippen LogP contribution >= 0.6 is 11.3 Å². The fourth-order valence-electron chi connectivity index (χ4n) is 1.87. The Balaban J connectivity index is 2.13. The lowest BCUT2D eigenvalue weighted by Crippen LogP contribution is -2.16. The number of hydrogen-bond acceptors (Lipinski definition) is 4. The number of aryl methyl sites for hydroxylation is 2. The summed E-state index contributed by atoms with van der Waals surface area (Å²) in [5.74, 6) is 0. The van der Waals surface area contributed by atoms with Crippen molar-refractivity contribution in [3.8, 4) is 0 Å². The lowest BCUT2D eigenvalue weighted by molar-refractivity contribution is 0.284. The summed E-state index contributed by atoms with van der Waals surface area (Å²) in [6, 6.07) is 8.48. The molecule has 0 bridgehead atoms. The first kappa shape index (κ1) is 13.1. The molecule has 0 atom stereocenters. The molecule has 0 amide bonds. The molecule has 0 aliphatic rings. The summed E-state index contributed by atoms with van der Waals surface area (Å²) in [5, 5.41) is 10.1. The van der Waals surface area contributed by atoms with Crippen LogP contribution in [0, 0.1) is 13.8 Å². The molecule has 1 aromatic carbocycles. The number of thiazole rings is 1. The molecule has 0 aliphatic carbocycles. The number of anilines is 1. The van der Waals surface area contributed by atoms with Gasteiger partial charge in [-0.25, -0.2) is 4.98 Å². The molecule has 96 valence electrons. The topological polar surface area (TPSA) is 36.4 Å². The fourth-order valence-corrected chi connectivity index (χ4v) is 2.76. The van der Waals surface area contributed by atoms with Crippen molar-refractivity contribution >= 4 is 16.5 Å². The van der Waals surface area contributed by atoms with Crippen LogP contribution in [0.15, 0.2) is 24.3 Å². The summed E-state index contributed by atoms with van der Waals surface area (Å²) in [4.78, 5) is 7.55. The van der Waals surface area contributed by atoms with Gasteiger partial charge in [-0.1, -0.05) is 41.2 Å². The largest absolute Gasteiger partial charge is 0.391 e.